The first kappa shape index (κ1) is 25.2. The van der Waals surface area contributed by atoms with Crippen LogP contribution in [0.3, 0.4) is 0 Å². The summed E-state index contributed by atoms with van der Waals surface area (Å²) in [5.41, 5.74) is 7.67. The summed E-state index contributed by atoms with van der Waals surface area (Å²) < 4.78 is 23.6. The van der Waals surface area contributed by atoms with Gasteiger partial charge >= 0.3 is 5.69 Å². The van der Waals surface area contributed by atoms with Crippen LogP contribution in [0.25, 0.3) is 5.69 Å². The summed E-state index contributed by atoms with van der Waals surface area (Å²) in [6.07, 6.45) is 1.92. The molecule has 8 nitrogen and oxygen atoms in total. The minimum absolute atomic E-state index is 0.0319. The van der Waals surface area contributed by atoms with Gasteiger partial charge in [-0.25, -0.2) is 9.18 Å². The summed E-state index contributed by atoms with van der Waals surface area (Å²) >= 11 is 0. The van der Waals surface area contributed by atoms with Gasteiger partial charge in [0.2, 0.25) is 0 Å². The Kier molecular flexibility index (Phi) is 7.88. The molecule has 1 unspecified atom stereocenters. The number of aryl methyl sites for hydroxylation is 2. The van der Waals surface area contributed by atoms with E-state index in [0.29, 0.717) is 24.5 Å². The molecular weight excluding hydrogens is 437 g/mol. The number of carbonyl (C=O) groups is 1. The number of benzene rings is 2. The van der Waals surface area contributed by atoms with E-state index >= 15 is 4.39 Å². The van der Waals surface area contributed by atoms with Crippen molar-refractivity contribution in [2.24, 2.45) is 12.8 Å². The second-order valence-corrected chi connectivity index (χ2v) is 8.34. The predicted molar refractivity (Wildman–Crippen MR) is 130 cm³/mol. The summed E-state index contributed by atoms with van der Waals surface area (Å²) in [6.45, 7) is 8.07. The highest BCUT2D eigenvalue weighted by Crippen LogP contribution is 2.28. The minimum Gasteiger partial charge on any atom is -0.490 e. The van der Waals surface area contributed by atoms with Gasteiger partial charge in [0.1, 0.15) is 23.1 Å². The van der Waals surface area contributed by atoms with Gasteiger partial charge in [-0.1, -0.05) is 26.3 Å². The van der Waals surface area contributed by atoms with Gasteiger partial charge < -0.3 is 15.8 Å². The predicted octanol–water partition coefficient (Wildman–Crippen LogP) is 3.86. The number of halogens is 1. The van der Waals surface area contributed by atoms with E-state index in [4.69, 9.17) is 10.5 Å². The summed E-state index contributed by atoms with van der Waals surface area (Å²) in [5.74, 6) is -0.574. The molecular formula is C25H32FN5O3. The van der Waals surface area contributed by atoms with Crippen molar-refractivity contribution in [3.8, 4) is 11.4 Å². The van der Waals surface area contributed by atoms with Gasteiger partial charge in [0.25, 0.3) is 5.91 Å². The Bertz CT molecular complexity index is 1250. The molecule has 3 rings (SSSR count). The van der Waals surface area contributed by atoms with Crippen LogP contribution in [-0.2, 0) is 20.0 Å². The van der Waals surface area contributed by atoms with Crippen LogP contribution in [0.15, 0.2) is 35.1 Å². The highest BCUT2D eigenvalue weighted by atomic mass is 19.1. The highest BCUT2D eigenvalue weighted by Gasteiger charge is 2.22. The van der Waals surface area contributed by atoms with Gasteiger partial charge in [0.15, 0.2) is 0 Å². The van der Waals surface area contributed by atoms with E-state index in [0.717, 1.165) is 34.7 Å². The van der Waals surface area contributed by atoms with Crippen molar-refractivity contribution in [3.05, 3.63) is 69.1 Å². The Labute approximate surface area is 198 Å². The second-order valence-electron chi connectivity index (χ2n) is 8.34. The van der Waals surface area contributed by atoms with E-state index in [1.54, 1.807) is 13.1 Å². The highest BCUT2D eigenvalue weighted by molar-refractivity contribution is 6.06. The van der Waals surface area contributed by atoms with Crippen molar-refractivity contribution in [2.45, 2.75) is 59.6 Å². The number of aromatic nitrogens is 3. The number of nitrogens with two attached hydrogens (primary N) is 1. The van der Waals surface area contributed by atoms with Crippen LogP contribution in [0.5, 0.6) is 5.75 Å². The Morgan fingerprint density at radius 2 is 2.00 bits per heavy atom. The SMILES string of the molecule is CCCC(C)Oc1cc(-n2nc(CC)n(C)c2=O)c(F)cc1C(=O)Nc1ccc(CN)c(C)c1. The van der Waals surface area contributed by atoms with E-state index in [9.17, 15) is 9.59 Å². The number of hydrogen-bond donors (Lipinski definition) is 2. The molecule has 2 aromatic carbocycles. The first-order chi connectivity index (χ1) is 16.2. The van der Waals surface area contributed by atoms with E-state index in [-0.39, 0.29) is 23.1 Å². The van der Waals surface area contributed by atoms with Crippen LogP contribution in [-0.4, -0.2) is 26.4 Å². The summed E-state index contributed by atoms with van der Waals surface area (Å²) in [7, 11) is 1.59. The second kappa shape index (κ2) is 10.6. The van der Waals surface area contributed by atoms with Crippen molar-refractivity contribution in [1.82, 2.24) is 14.3 Å². The maximum absolute atomic E-state index is 15.2. The molecule has 1 atom stereocenters. The Hall–Kier alpha value is -3.46. The molecule has 0 bridgehead atoms. The standard InChI is InChI=1S/C25H32FN5O3/c1-6-8-16(4)34-22-13-21(31-25(33)30(5)23(7-2)29-31)20(26)12-19(22)24(32)28-18-10-9-17(14-27)15(3)11-18/h9-13,16H,6-8,14,27H2,1-5H3,(H,28,32). The van der Waals surface area contributed by atoms with Crippen LogP contribution in [0.4, 0.5) is 10.1 Å². The van der Waals surface area contributed by atoms with E-state index in [2.05, 4.69) is 10.4 Å². The fourth-order valence-corrected chi connectivity index (χ4v) is 3.81. The van der Waals surface area contributed by atoms with Crippen LogP contribution in [0.1, 0.15) is 60.9 Å². The molecule has 1 aromatic heterocycles. The van der Waals surface area contributed by atoms with Crippen molar-refractivity contribution >= 4 is 11.6 Å². The average Bonchev–Trinajstić information content (AvgIpc) is 3.08. The lowest BCUT2D eigenvalue weighted by Gasteiger charge is -2.18. The molecule has 0 saturated carbocycles. The molecule has 1 amide bonds. The third-order valence-corrected chi connectivity index (χ3v) is 5.75. The quantitative estimate of drug-likeness (QED) is 0.495. The van der Waals surface area contributed by atoms with Crippen LogP contribution < -0.4 is 21.5 Å². The Morgan fingerprint density at radius 3 is 2.59 bits per heavy atom. The number of rotatable bonds is 9. The normalized spacial score (nSPS) is 12.0. The molecule has 34 heavy (non-hydrogen) atoms. The van der Waals surface area contributed by atoms with Gasteiger partial charge in [0, 0.05) is 31.8 Å². The molecule has 3 N–H and O–H groups in total. The average molecular weight is 470 g/mol. The van der Waals surface area contributed by atoms with Crippen molar-refractivity contribution in [2.75, 3.05) is 5.32 Å². The van der Waals surface area contributed by atoms with Gasteiger partial charge in [-0.05, 0) is 49.6 Å². The molecule has 0 aliphatic carbocycles. The fraction of sp³-hybridized carbons (Fsp3) is 0.400. The summed E-state index contributed by atoms with van der Waals surface area (Å²) in [4.78, 5) is 25.8. The molecule has 0 fully saturated rings. The smallest absolute Gasteiger partial charge is 0.350 e. The number of anilines is 1. The summed E-state index contributed by atoms with van der Waals surface area (Å²) in [5, 5.41) is 7.05. The molecule has 9 heteroatoms. The van der Waals surface area contributed by atoms with Gasteiger partial charge in [-0.15, -0.1) is 5.10 Å². The van der Waals surface area contributed by atoms with Crippen LogP contribution in [0.2, 0.25) is 0 Å². The molecule has 0 radical (unpaired) electrons. The Balaban J connectivity index is 2.05. The fourth-order valence-electron chi connectivity index (χ4n) is 3.81. The molecule has 3 aromatic rings. The topological polar surface area (TPSA) is 104 Å². The third-order valence-electron chi connectivity index (χ3n) is 5.75. The molecule has 0 saturated heterocycles. The molecule has 1 heterocycles. The number of ether oxygens (including phenoxy) is 1. The van der Waals surface area contributed by atoms with Gasteiger partial charge in [0.05, 0.1) is 11.7 Å². The first-order valence-electron chi connectivity index (χ1n) is 11.5. The van der Waals surface area contributed by atoms with Crippen LogP contribution in [0, 0.1) is 12.7 Å². The lowest BCUT2D eigenvalue weighted by molar-refractivity contribution is 0.101. The van der Waals surface area contributed by atoms with E-state index < -0.39 is 17.4 Å². The first-order valence-corrected chi connectivity index (χ1v) is 11.5. The molecule has 0 aliphatic rings. The Morgan fingerprint density at radius 1 is 1.26 bits per heavy atom. The van der Waals surface area contributed by atoms with E-state index in [1.807, 2.05) is 39.8 Å². The van der Waals surface area contributed by atoms with Crippen LogP contribution >= 0.6 is 0 Å². The van der Waals surface area contributed by atoms with Gasteiger partial charge in [-0.2, -0.15) is 4.68 Å². The van der Waals surface area contributed by atoms with E-state index in [1.165, 1.54) is 10.6 Å². The maximum Gasteiger partial charge on any atom is 0.350 e. The lowest BCUT2D eigenvalue weighted by atomic mass is 10.1. The largest absolute Gasteiger partial charge is 0.490 e. The molecule has 0 spiro atoms. The van der Waals surface area contributed by atoms with Gasteiger partial charge in [-0.3, -0.25) is 9.36 Å². The lowest BCUT2D eigenvalue weighted by Crippen LogP contribution is -2.24. The maximum atomic E-state index is 15.2. The number of carbonyl (C=O) groups excluding carboxylic acids is 1. The number of amides is 1. The number of nitrogens with one attached hydrogen (secondary N) is 1. The zero-order valence-electron chi connectivity index (χ0n) is 20.3. The summed E-state index contributed by atoms with van der Waals surface area (Å²) in [6, 6.07) is 7.86. The third kappa shape index (κ3) is 5.20. The number of hydrogen-bond acceptors (Lipinski definition) is 5. The zero-order valence-corrected chi connectivity index (χ0v) is 20.3. The number of nitrogens with zero attached hydrogens (tertiary/aromatic N) is 3. The van der Waals surface area contributed by atoms with Crippen molar-refractivity contribution in [1.29, 1.82) is 0 Å². The minimum atomic E-state index is -0.752. The van der Waals surface area contributed by atoms with Crippen molar-refractivity contribution in [3.63, 3.8) is 0 Å². The molecule has 182 valence electrons. The molecule has 0 aliphatic heterocycles. The van der Waals surface area contributed by atoms with Crippen molar-refractivity contribution < 1.29 is 13.9 Å². The zero-order chi connectivity index (χ0) is 25.0. The monoisotopic (exact) mass is 469 g/mol.